The maximum Gasteiger partial charge on any atom is 0.293 e. The molecule has 2 amide bonds. The van der Waals surface area contributed by atoms with Crippen LogP contribution in [0, 0.1) is 25.6 Å². The van der Waals surface area contributed by atoms with E-state index in [1.807, 2.05) is 0 Å². The van der Waals surface area contributed by atoms with Crippen molar-refractivity contribution in [2.24, 2.45) is 5.92 Å². The lowest BCUT2D eigenvalue weighted by molar-refractivity contribution is -0.148. The van der Waals surface area contributed by atoms with E-state index in [0.717, 1.165) is 6.42 Å². The lowest BCUT2D eigenvalue weighted by Gasteiger charge is -2.46. The minimum atomic E-state index is -3.01. The molecule has 0 radical (unpaired) electrons. The Morgan fingerprint density at radius 1 is 1.19 bits per heavy atom. The first-order chi connectivity index (χ1) is 17.5. The molecule has 2 fully saturated rings. The van der Waals surface area contributed by atoms with Crippen molar-refractivity contribution in [1.29, 1.82) is 0 Å². The molecule has 3 aromatic rings. The first-order valence-corrected chi connectivity index (χ1v) is 11.9. The molecule has 2 aliphatic carbocycles. The zero-order valence-electron chi connectivity index (χ0n) is 20.0. The third-order valence-electron chi connectivity index (χ3n) is 7.68. The molecule has 3 heterocycles. The van der Waals surface area contributed by atoms with Gasteiger partial charge in [0.25, 0.3) is 23.5 Å². The van der Waals surface area contributed by atoms with Crippen LogP contribution < -0.4 is 10.6 Å². The highest BCUT2D eigenvalue weighted by Gasteiger charge is 2.60. The van der Waals surface area contributed by atoms with Crippen LogP contribution in [-0.4, -0.2) is 43.5 Å². The van der Waals surface area contributed by atoms with Crippen LogP contribution in [0.15, 0.2) is 24.4 Å². The Morgan fingerprint density at radius 2 is 1.95 bits per heavy atom. The van der Waals surface area contributed by atoms with E-state index in [9.17, 15) is 27.6 Å². The largest absolute Gasteiger partial charge is 0.337 e. The van der Waals surface area contributed by atoms with Crippen LogP contribution in [0.3, 0.4) is 0 Å². The van der Waals surface area contributed by atoms with Crippen LogP contribution >= 0.6 is 0 Å². The van der Waals surface area contributed by atoms with Gasteiger partial charge in [0.15, 0.2) is 0 Å². The van der Waals surface area contributed by atoms with E-state index in [4.69, 9.17) is 0 Å². The van der Waals surface area contributed by atoms with Gasteiger partial charge in [-0.1, -0.05) is 11.3 Å². The number of amides is 2. The second-order valence-corrected chi connectivity index (χ2v) is 10.3. The summed E-state index contributed by atoms with van der Waals surface area (Å²) in [7, 11) is 0. The first-order valence-electron chi connectivity index (χ1n) is 11.9. The Hall–Kier alpha value is -3.96. The van der Waals surface area contributed by atoms with Crippen molar-refractivity contribution in [2.75, 3.05) is 5.32 Å². The highest BCUT2D eigenvalue weighted by Crippen LogP contribution is 2.55. The van der Waals surface area contributed by atoms with Crippen LogP contribution in [-0.2, 0) is 16.8 Å². The average Bonchev–Trinajstić information content (AvgIpc) is 3.13. The fourth-order valence-electron chi connectivity index (χ4n) is 5.78. The van der Waals surface area contributed by atoms with Gasteiger partial charge in [0.2, 0.25) is 0 Å². The van der Waals surface area contributed by atoms with Crippen molar-refractivity contribution >= 4 is 23.3 Å². The summed E-state index contributed by atoms with van der Waals surface area (Å²) in [5.41, 5.74) is 0.533. The zero-order chi connectivity index (χ0) is 26.3. The second kappa shape index (κ2) is 7.77. The molecule has 0 spiro atoms. The van der Waals surface area contributed by atoms with Gasteiger partial charge in [0.1, 0.15) is 17.2 Å². The summed E-state index contributed by atoms with van der Waals surface area (Å²) >= 11 is 0. The number of aromatic nitrogens is 4. The van der Waals surface area contributed by atoms with Gasteiger partial charge in [0.05, 0.1) is 11.1 Å². The lowest BCUT2D eigenvalue weighted by atomic mass is 9.71. The molecule has 2 atom stereocenters. The predicted molar refractivity (Wildman–Crippen MR) is 124 cm³/mol. The van der Waals surface area contributed by atoms with Gasteiger partial charge in [-0.15, -0.1) is 5.10 Å². The Bertz CT molecular complexity index is 1470. The van der Waals surface area contributed by atoms with Gasteiger partial charge in [-0.2, -0.15) is 0 Å². The van der Waals surface area contributed by atoms with Crippen LogP contribution in [0.5, 0.6) is 0 Å². The maximum atomic E-state index is 14.0. The number of carbonyl (C=O) groups excluding carboxylic acids is 3. The van der Waals surface area contributed by atoms with Gasteiger partial charge in [-0.25, -0.2) is 13.2 Å². The number of hydrogen-bond donors (Lipinski definition) is 3. The molecule has 3 N–H and O–H groups in total. The number of H-pyrrole nitrogens is 1. The Labute approximate surface area is 208 Å². The third kappa shape index (κ3) is 3.65. The first kappa shape index (κ1) is 23.4. The van der Waals surface area contributed by atoms with Crippen molar-refractivity contribution in [3.63, 3.8) is 0 Å². The van der Waals surface area contributed by atoms with E-state index in [2.05, 4.69) is 26.0 Å². The molecule has 12 heteroatoms. The number of hydrogen-bond acceptors (Lipinski definition) is 5. The molecule has 0 unspecified atom stereocenters. The Kier molecular flexibility index (Phi) is 4.92. The SMILES string of the molecule is Cc1ccc(NC(=O)c2c(C)c(C(=O)C(=O)NC3(c4c[nH]nn4)CC(F)(F)C3)c3n2[C@@H]2C[C@@H]2C3)cc1F. The quantitative estimate of drug-likeness (QED) is 0.346. The number of halogens is 3. The van der Waals surface area contributed by atoms with Gasteiger partial charge in [-0.05, 0) is 55.9 Å². The highest BCUT2D eigenvalue weighted by atomic mass is 19.3. The maximum absolute atomic E-state index is 14.0. The standard InChI is InChI=1S/C25H23F3N6O3/c1-11-3-4-14(7-15(11)26)30-22(36)20-12(2)19(17-6-13-5-16(13)34(17)20)21(35)23(37)31-24(9-25(27,28)10-24)18-8-29-33-32-18/h3-4,7-8,13,16H,5-6,9-10H2,1-2H3,(H,30,36)(H,31,37)(H,29,32,33)/t13-,16-/m1/s1. The summed E-state index contributed by atoms with van der Waals surface area (Å²) in [6.07, 6.45) is 1.28. The van der Waals surface area contributed by atoms with Crippen LogP contribution in [0.2, 0.25) is 0 Å². The molecule has 2 aromatic heterocycles. The molecule has 3 aliphatic rings. The molecule has 1 aliphatic heterocycles. The summed E-state index contributed by atoms with van der Waals surface area (Å²) in [5, 5.41) is 14.9. The summed E-state index contributed by atoms with van der Waals surface area (Å²) in [6.45, 7) is 3.19. The molecule has 1 aromatic carbocycles. The number of fused-ring (bicyclic) bond motifs is 3. The number of alkyl halides is 2. The van der Waals surface area contributed by atoms with Gasteiger partial charge >= 0.3 is 0 Å². The van der Waals surface area contributed by atoms with Gasteiger partial charge < -0.3 is 15.2 Å². The summed E-state index contributed by atoms with van der Waals surface area (Å²) in [5.74, 6) is -5.69. The number of rotatable bonds is 6. The number of ketones is 1. The number of benzene rings is 1. The lowest BCUT2D eigenvalue weighted by Crippen LogP contribution is -2.61. The number of nitrogens with zero attached hydrogens (tertiary/aromatic N) is 3. The van der Waals surface area contributed by atoms with E-state index >= 15 is 0 Å². The number of Topliss-reactive ketones (excluding diaryl/α,β-unsaturated/α-hetero) is 1. The normalized spacial score (nSPS) is 22.0. The molecule has 6 rings (SSSR count). The van der Waals surface area contributed by atoms with Gasteiger partial charge in [0, 0.05) is 36.5 Å². The molecule has 2 saturated carbocycles. The minimum Gasteiger partial charge on any atom is -0.337 e. The van der Waals surface area contributed by atoms with Crippen molar-refractivity contribution in [3.05, 3.63) is 64.0 Å². The van der Waals surface area contributed by atoms with Crippen LogP contribution in [0.25, 0.3) is 0 Å². The van der Waals surface area contributed by atoms with Crippen molar-refractivity contribution in [3.8, 4) is 0 Å². The number of aromatic amines is 1. The van der Waals surface area contributed by atoms with E-state index in [-0.39, 0.29) is 34.6 Å². The summed E-state index contributed by atoms with van der Waals surface area (Å²) < 4.78 is 43.5. The van der Waals surface area contributed by atoms with Crippen molar-refractivity contribution < 1.29 is 27.6 Å². The number of anilines is 1. The predicted octanol–water partition coefficient (Wildman–Crippen LogP) is 3.36. The van der Waals surface area contributed by atoms with E-state index in [1.54, 1.807) is 30.5 Å². The number of nitrogens with one attached hydrogen (secondary N) is 3. The Morgan fingerprint density at radius 3 is 2.59 bits per heavy atom. The van der Waals surface area contributed by atoms with Crippen LogP contribution in [0.4, 0.5) is 18.9 Å². The molecular weight excluding hydrogens is 489 g/mol. The third-order valence-corrected chi connectivity index (χ3v) is 7.68. The van der Waals surface area contributed by atoms with Crippen LogP contribution in [0.1, 0.15) is 68.7 Å². The highest BCUT2D eigenvalue weighted by molar-refractivity contribution is 6.44. The smallest absolute Gasteiger partial charge is 0.293 e. The average molecular weight is 512 g/mol. The Balaban J connectivity index is 1.31. The van der Waals surface area contributed by atoms with E-state index in [1.165, 1.54) is 12.3 Å². The van der Waals surface area contributed by atoms with E-state index in [0.29, 0.717) is 23.2 Å². The number of carbonyl (C=O) groups is 3. The molecule has 37 heavy (non-hydrogen) atoms. The minimum absolute atomic E-state index is 0.0422. The van der Waals surface area contributed by atoms with Gasteiger partial charge in [-0.3, -0.25) is 19.5 Å². The monoisotopic (exact) mass is 512 g/mol. The van der Waals surface area contributed by atoms with Crippen molar-refractivity contribution in [2.45, 2.75) is 57.0 Å². The topological polar surface area (TPSA) is 122 Å². The summed E-state index contributed by atoms with van der Waals surface area (Å²) in [6, 6.07) is 4.39. The molecular formula is C25H23F3N6O3. The summed E-state index contributed by atoms with van der Waals surface area (Å²) in [4.78, 5) is 39.9. The van der Waals surface area contributed by atoms with E-state index < -0.39 is 47.7 Å². The number of aryl methyl sites for hydroxylation is 1. The molecule has 0 saturated heterocycles. The zero-order valence-corrected chi connectivity index (χ0v) is 20.0. The molecule has 9 nitrogen and oxygen atoms in total. The molecule has 0 bridgehead atoms. The fourth-order valence-corrected chi connectivity index (χ4v) is 5.78. The fraction of sp³-hybridized carbons (Fsp3) is 0.400. The second-order valence-electron chi connectivity index (χ2n) is 10.3. The van der Waals surface area contributed by atoms with Crippen molar-refractivity contribution in [1.82, 2.24) is 25.3 Å². The molecule has 192 valence electrons.